The van der Waals surface area contributed by atoms with Crippen molar-refractivity contribution in [2.24, 2.45) is 11.7 Å². The summed E-state index contributed by atoms with van der Waals surface area (Å²) in [6, 6.07) is 6.21. The van der Waals surface area contributed by atoms with Gasteiger partial charge in [0.15, 0.2) is 0 Å². The average molecular weight is 328 g/mol. The number of piperidine rings is 1. The van der Waals surface area contributed by atoms with Crippen LogP contribution in [-0.2, 0) is 10.0 Å². The number of hydrogen-bond donors (Lipinski definition) is 1. The molecule has 0 aromatic heterocycles. The molecule has 0 spiro atoms. The number of hydrogen-bond acceptors (Lipinski definition) is 4. The molecule has 1 aliphatic heterocycles. The van der Waals surface area contributed by atoms with Crippen molar-refractivity contribution in [1.29, 1.82) is 5.26 Å². The molecule has 0 bridgehead atoms. The Morgan fingerprint density at radius 3 is 2.86 bits per heavy atom. The van der Waals surface area contributed by atoms with E-state index in [2.05, 4.69) is 0 Å². The highest BCUT2D eigenvalue weighted by Crippen LogP contribution is 2.29. The lowest BCUT2D eigenvalue weighted by Gasteiger charge is -2.32. The predicted molar refractivity (Wildman–Crippen MR) is 81.3 cm³/mol. The van der Waals surface area contributed by atoms with E-state index >= 15 is 0 Å². The Morgan fingerprint density at radius 2 is 2.24 bits per heavy atom. The SMILES string of the molecule is N#Cc1ccc(S(=O)(=O)N2CCCC(CCN)C2)c(Cl)c1. The summed E-state index contributed by atoms with van der Waals surface area (Å²) in [5, 5.41) is 8.91. The molecule has 1 fully saturated rings. The first kappa shape index (κ1) is 16.2. The molecular formula is C14H18ClN3O2S. The summed E-state index contributed by atoms with van der Waals surface area (Å²) < 4.78 is 26.8. The van der Waals surface area contributed by atoms with Crippen LogP contribution in [-0.4, -0.2) is 32.4 Å². The van der Waals surface area contributed by atoms with Crippen LogP contribution in [0.5, 0.6) is 0 Å². The number of nitriles is 1. The van der Waals surface area contributed by atoms with Crippen LogP contribution in [0.2, 0.25) is 5.02 Å². The van der Waals surface area contributed by atoms with Gasteiger partial charge in [-0.1, -0.05) is 11.6 Å². The van der Waals surface area contributed by atoms with Gasteiger partial charge in [-0.3, -0.25) is 0 Å². The third-order valence-corrected chi connectivity index (χ3v) is 6.08. The summed E-state index contributed by atoms with van der Waals surface area (Å²) >= 11 is 6.03. The number of rotatable bonds is 4. The molecule has 1 atom stereocenters. The van der Waals surface area contributed by atoms with Crippen molar-refractivity contribution in [3.8, 4) is 6.07 Å². The zero-order valence-corrected chi connectivity index (χ0v) is 13.2. The fourth-order valence-electron chi connectivity index (χ4n) is 2.64. The molecule has 7 heteroatoms. The molecule has 1 aromatic carbocycles. The summed E-state index contributed by atoms with van der Waals surface area (Å²) in [7, 11) is -3.62. The lowest BCUT2D eigenvalue weighted by molar-refractivity contribution is 0.258. The quantitative estimate of drug-likeness (QED) is 0.915. The van der Waals surface area contributed by atoms with Crippen LogP contribution in [0, 0.1) is 17.2 Å². The fraction of sp³-hybridized carbons (Fsp3) is 0.500. The molecule has 114 valence electrons. The molecule has 2 rings (SSSR count). The highest BCUT2D eigenvalue weighted by Gasteiger charge is 2.31. The van der Waals surface area contributed by atoms with Crippen LogP contribution in [0.25, 0.3) is 0 Å². The van der Waals surface area contributed by atoms with Crippen molar-refractivity contribution in [2.75, 3.05) is 19.6 Å². The fourth-order valence-corrected chi connectivity index (χ4v) is 4.71. The van der Waals surface area contributed by atoms with E-state index < -0.39 is 10.0 Å². The van der Waals surface area contributed by atoms with E-state index in [-0.39, 0.29) is 9.92 Å². The second kappa shape index (κ2) is 6.75. The number of nitrogens with two attached hydrogens (primary N) is 1. The van der Waals surface area contributed by atoms with Gasteiger partial charge in [-0.25, -0.2) is 8.42 Å². The highest BCUT2D eigenvalue weighted by atomic mass is 35.5. The van der Waals surface area contributed by atoms with Gasteiger partial charge in [-0.05, 0) is 49.9 Å². The predicted octanol–water partition coefficient (Wildman–Crippen LogP) is 1.96. The van der Waals surface area contributed by atoms with Crippen LogP contribution >= 0.6 is 11.6 Å². The van der Waals surface area contributed by atoms with Gasteiger partial charge in [-0.15, -0.1) is 0 Å². The van der Waals surface area contributed by atoms with Crippen LogP contribution < -0.4 is 5.73 Å². The van der Waals surface area contributed by atoms with Gasteiger partial charge < -0.3 is 5.73 Å². The maximum Gasteiger partial charge on any atom is 0.244 e. The van der Waals surface area contributed by atoms with Crippen LogP contribution in [0.15, 0.2) is 23.1 Å². The molecule has 0 aliphatic carbocycles. The zero-order valence-electron chi connectivity index (χ0n) is 11.6. The molecule has 21 heavy (non-hydrogen) atoms. The van der Waals surface area contributed by atoms with Gasteiger partial charge in [0.05, 0.1) is 16.7 Å². The lowest BCUT2D eigenvalue weighted by atomic mass is 9.96. The Morgan fingerprint density at radius 1 is 1.48 bits per heavy atom. The van der Waals surface area contributed by atoms with Gasteiger partial charge in [0.1, 0.15) is 4.90 Å². The largest absolute Gasteiger partial charge is 0.330 e. The summed E-state index contributed by atoms with van der Waals surface area (Å²) in [4.78, 5) is 0.0663. The van der Waals surface area contributed by atoms with Crippen molar-refractivity contribution in [2.45, 2.75) is 24.2 Å². The van der Waals surface area contributed by atoms with Crippen LogP contribution in [0.4, 0.5) is 0 Å². The Hall–Kier alpha value is -1.13. The summed E-state index contributed by atoms with van der Waals surface area (Å²) in [6.45, 7) is 1.55. The molecule has 5 nitrogen and oxygen atoms in total. The van der Waals surface area contributed by atoms with Crippen LogP contribution in [0.3, 0.4) is 0 Å². The molecule has 1 aromatic rings. The maximum absolute atomic E-state index is 12.7. The first-order valence-corrected chi connectivity index (χ1v) is 8.70. The van der Waals surface area contributed by atoms with Crippen molar-refractivity contribution >= 4 is 21.6 Å². The third kappa shape index (κ3) is 3.55. The lowest BCUT2D eigenvalue weighted by Crippen LogP contribution is -2.40. The van der Waals surface area contributed by atoms with E-state index in [4.69, 9.17) is 22.6 Å². The molecule has 1 saturated heterocycles. The van der Waals surface area contributed by atoms with E-state index in [1.54, 1.807) is 0 Å². The maximum atomic E-state index is 12.7. The molecule has 0 radical (unpaired) electrons. The monoisotopic (exact) mass is 327 g/mol. The minimum atomic E-state index is -3.62. The highest BCUT2D eigenvalue weighted by molar-refractivity contribution is 7.89. The third-order valence-electron chi connectivity index (χ3n) is 3.74. The van der Waals surface area contributed by atoms with Crippen molar-refractivity contribution in [3.05, 3.63) is 28.8 Å². The Balaban J connectivity index is 2.27. The van der Waals surface area contributed by atoms with Gasteiger partial charge in [0, 0.05) is 13.1 Å². The summed E-state index contributed by atoms with van der Waals surface area (Å²) in [5.74, 6) is 0.302. The molecular weight excluding hydrogens is 310 g/mol. The number of nitrogens with zero attached hydrogens (tertiary/aromatic N) is 2. The van der Waals surface area contributed by atoms with Crippen molar-refractivity contribution in [3.63, 3.8) is 0 Å². The molecule has 0 saturated carbocycles. The Bertz CT molecular complexity index is 653. The minimum absolute atomic E-state index is 0.0663. The normalized spacial score (nSPS) is 20.1. The van der Waals surface area contributed by atoms with E-state index in [0.29, 0.717) is 31.1 Å². The minimum Gasteiger partial charge on any atom is -0.330 e. The van der Waals surface area contributed by atoms with Gasteiger partial charge >= 0.3 is 0 Å². The molecule has 1 aliphatic rings. The number of benzene rings is 1. The number of sulfonamides is 1. The van der Waals surface area contributed by atoms with E-state index in [9.17, 15) is 8.42 Å². The second-order valence-corrected chi connectivity index (χ2v) is 7.52. The standard InChI is InChI=1S/C14H18ClN3O2S/c15-13-8-12(9-17)3-4-14(13)21(19,20)18-7-1-2-11(10-18)5-6-16/h3-4,8,11H,1-2,5-7,10,16H2. The van der Waals surface area contributed by atoms with Gasteiger partial charge in [0.25, 0.3) is 0 Å². The van der Waals surface area contributed by atoms with E-state index in [1.165, 1.54) is 22.5 Å². The Labute approximate surface area is 130 Å². The molecule has 1 unspecified atom stereocenters. The molecule has 1 heterocycles. The van der Waals surface area contributed by atoms with E-state index in [0.717, 1.165) is 19.3 Å². The first-order chi connectivity index (χ1) is 9.98. The summed E-state index contributed by atoms with van der Waals surface area (Å²) in [5.41, 5.74) is 5.91. The van der Waals surface area contributed by atoms with Gasteiger partial charge in [-0.2, -0.15) is 9.57 Å². The topological polar surface area (TPSA) is 87.2 Å². The molecule has 2 N–H and O–H groups in total. The summed E-state index contributed by atoms with van der Waals surface area (Å²) in [6.07, 6.45) is 2.66. The van der Waals surface area contributed by atoms with Gasteiger partial charge in [0.2, 0.25) is 10.0 Å². The Kier molecular flexibility index (Phi) is 5.22. The average Bonchev–Trinajstić information content (AvgIpc) is 2.47. The van der Waals surface area contributed by atoms with Crippen LogP contribution in [0.1, 0.15) is 24.8 Å². The van der Waals surface area contributed by atoms with E-state index in [1.807, 2.05) is 6.07 Å². The number of halogens is 1. The van der Waals surface area contributed by atoms with Crippen molar-refractivity contribution in [1.82, 2.24) is 4.31 Å². The second-order valence-electron chi connectivity index (χ2n) is 5.21. The van der Waals surface area contributed by atoms with Crippen molar-refractivity contribution < 1.29 is 8.42 Å². The first-order valence-electron chi connectivity index (χ1n) is 6.89. The zero-order chi connectivity index (χ0) is 15.5. The smallest absolute Gasteiger partial charge is 0.244 e. The molecule has 0 amide bonds.